The zero-order chi connectivity index (χ0) is 45.3. The maximum atomic E-state index is 7.10. The van der Waals surface area contributed by atoms with E-state index in [1.54, 1.807) is 16.3 Å². The Labute approximate surface area is 395 Å². The van der Waals surface area contributed by atoms with E-state index in [1.165, 1.54) is 103 Å². The van der Waals surface area contributed by atoms with Crippen molar-refractivity contribution in [1.29, 1.82) is 0 Å². The quantitative estimate of drug-likeness (QED) is 0.118. The van der Waals surface area contributed by atoms with Crippen LogP contribution in [0, 0.1) is 11.8 Å². The third-order valence-corrected chi connectivity index (χ3v) is 18.6. The van der Waals surface area contributed by atoms with Gasteiger partial charge >= 0.3 is 0 Å². The van der Waals surface area contributed by atoms with E-state index in [-0.39, 0.29) is 6.04 Å². The summed E-state index contributed by atoms with van der Waals surface area (Å²) in [5, 5.41) is 3.82. The molecule has 0 amide bonds. The summed E-state index contributed by atoms with van der Waals surface area (Å²) in [6.07, 6.45) is 22.4. The van der Waals surface area contributed by atoms with Gasteiger partial charge in [-0.25, -0.2) is 4.98 Å². The molecule has 0 bridgehead atoms. The Bertz CT molecular complexity index is 2960. The molecule has 2 fully saturated rings. The Kier molecular flexibility index (Phi) is 11.5. The number of hydrogen-bond acceptors (Lipinski definition) is 2. The van der Waals surface area contributed by atoms with Gasteiger partial charge in [0.2, 0.25) is 17.1 Å². The van der Waals surface area contributed by atoms with Crippen molar-refractivity contribution in [3.05, 3.63) is 138 Å². The van der Waals surface area contributed by atoms with E-state index in [9.17, 15) is 0 Å². The number of pyridine rings is 3. The molecule has 338 valence electrons. The predicted octanol–water partition coefficient (Wildman–Crippen LogP) is 15.2. The number of allylic oxidation sites excluding steroid dienone is 1. The maximum Gasteiger partial charge on any atom is 0.227 e. The smallest absolute Gasteiger partial charge is 0.227 e. The molecule has 6 heterocycles. The number of rotatable bonds is 7. The molecule has 2 aliphatic heterocycles. The standard InChI is InChI=1S/C61H71N3OSi/c1-39(2)33-48-37-56-53-35-47(43-19-13-9-14-20-43)25-26-49(53)50-27-23-45-24-28-51-52-29-30-54(44-21-15-10-16-22-44)62-61(52)65-60(51)59(45)57-36-46(41(4)42-17-11-8-12-18-42)31-32-63(57)40(3)34-55(50)64(56)38-58(48)66(5,6)7/h10,15-16,21-22,24-26,28-32,35-39,41-43,50,55H,3,8-9,11-14,17-20,23,27,33-34H2,1-2,4-7H3/q+2. The fraction of sp³-hybridized carbons (Fsp3) is 0.426. The largest absolute Gasteiger partial charge is 0.437 e. The molecule has 2 saturated carbocycles. The van der Waals surface area contributed by atoms with Crippen molar-refractivity contribution in [2.45, 2.75) is 154 Å². The number of furan rings is 1. The van der Waals surface area contributed by atoms with Gasteiger partial charge in [-0.3, -0.25) is 0 Å². The van der Waals surface area contributed by atoms with E-state index in [1.807, 2.05) is 0 Å². The van der Waals surface area contributed by atoms with Gasteiger partial charge in [0.1, 0.15) is 0 Å². The van der Waals surface area contributed by atoms with E-state index in [0.29, 0.717) is 35.3 Å². The average Bonchev–Trinajstić information content (AvgIpc) is 3.71. The van der Waals surface area contributed by atoms with Crippen LogP contribution in [0.2, 0.25) is 19.6 Å². The zero-order valence-electron chi connectivity index (χ0n) is 40.6. The summed E-state index contributed by atoms with van der Waals surface area (Å²) in [4.78, 5) is 5.18. The molecule has 7 aromatic rings. The second-order valence-electron chi connectivity index (χ2n) is 22.4. The molecule has 0 saturated heterocycles. The van der Waals surface area contributed by atoms with Crippen molar-refractivity contribution in [1.82, 2.24) is 4.98 Å². The third kappa shape index (κ3) is 7.91. The van der Waals surface area contributed by atoms with Crippen molar-refractivity contribution >= 4 is 41.0 Å². The fourth-order valence-electron chi connectivity index (χ4n) is 13.0. The highest BCUT2D eigenvalue weighted by Gasteiger charge is 2.45. The summed E-state index contributed by atoms with van der Waals surface area (Å²) in [7, 11) is -1.71. The number of aryl methyl sites for hydroxylation is 1. The molecule has 2 aliphatic carbocycles. The van der Waals surface area contributed by atoms with E-state index >= 15 is 0 Å². The molecule has 3 unspecified atom stereocenters. The van der Waals surface area contributed by atoms with Crippen LogP contribution in [0.5, 0.6) is 0 Å². The van der Waals surface area contributed by atoms with Gasteiger partial charge in [0, 0.05) is 45.6 Å². The van der Waals surface area contributed by atoms with E-state index < -0.39 is 8.07 Å². The molecule has 3 atom stereocenters. The normalized spacial score (nSPS) is 19.8. The SMILES string of the molecule is C=C1CC2C(CCc3ccc4c(oc5nc(-c6ccccc6)ccc54)c3-c3cc(C(C)C4CCCCC4)cc[n+]31)c1ccc(C3CCCCC3)cc1-c1cc(CC(C)C)c([Si](C)(C)C)c[n+]12. The first-order valence-electron chi connectivity index (χ1n) is 25.9. The van der Waals surface area contributed by atoms with Crippen LogP contribution in [-0.2, 0) is 12.8 Å². The van der Waals surface area contributed by atoms with Crippen LogP contribution in [0.4, 0.5) is 0 Å². The highest BCUT2D eigenvalue weighted by molar-refractivity contribution is 6.89. The second-order valence-corrected chi connectivity index (χ2v) is 27.5. The van der Waals surface area contributed by atoms with Gasteiger partial charge in [-0.1, -0.05) is 134 Å². The molecule has 5 heteroatoms. The fourth-order valence-corrected chi connectivity index (χ4v) is 14.7. The number of hydrogen-bond donors (Lipinski definition) is 0. The molecule has 66 heavy (non-hydrogen) atoms. The lowest BCUT2D eigenvalue weighted by molar-refractivity contribution is -0.719. The molecule has 0 spiro atoms. The van der Waals surface area contributed by atoms with Gasteiger partial charge in [-0.05, 0) is 121 Å². The number of aromatic nitrogens is 3. The lowest BCUT2D eigenvalue weighted by Crippen LogP contribution is -2.54. The molecule has 4 nitrogen and oxygen atoms in total. The number of benzene rings is 3. The second kappa shape index (κ2) is 17.5. The number of fused-ring (bicyclic) bond motifs is 13. The summed E-state index contributed by atoms with van der Waals surface area (Å²) in [6.45, 7) is 20.0. The summed E-state index contributed by atoms with van der Waals surface area (Å²) >= 11 is 0. The molecule has 0 radical (unpaired) electrons. The Morgan fingerprint density at radius 2 is 1.53 bits per heavy atom. The van der Waals surface area contributed by atoms with Crippen LogP contribution in [0.1, 0.15) is 149 Å². The van der Waals surface area contributed by atoms with Crippen LogP contribution in [0.25, 0.3) is 61.5 Å². The van der Waals surface area contributed by atoms with E-state index in [2.05, 4.69) is 153 Å². The van der Waals surface area contributed by atoms with Gasteiger partial charge in [0.15, 0.2) is 29.7 Å². The first-order chi connectivity index (χ1) is 32.0. The van der Waals surface area contributed by atoms with Crippen molar-refractivity contribution < 1.29 is 13.6 Å². The Balaban J connectivity index is 1.11. The monoisotopic (exact) mass is 890 g/mol. The van der Waals surface area contributed by atoms with Gasteiger partial charge in [0.05, 0.1) is 31.3 Å². The van der Waals surface area contributed by atoms with Gasteiger partial charge in [-0.15, -0.1) is 0 Å². The van der Waals surface area contributed by atoms with Gasteiger partial charge in [-0.2, -0.15) is 9.13 Å². The van der Waals surface area contributed by atoms with Gasteiger partial charge in [0.25, 0.3) is 0 Å². The minimum Gasteiger partial charge on any atom is -0.437 e. The van der Waals surface area contributed by atoms with Crippen LogP contribution in [-0.4, -0.2) is 13.1 Å². The third-order valence-electron chi connectivity index (χ3n) is 16.6. The molecule has 11 rings (SSSR count). The van der Waals surface area contributed by atoms with E-state index in [0.717, 1.165) is 59.0 Å². The van der Waals surface area contributed by atoms with Crippen molar-refractivity contribution in [2.75, 3.05) is 0 Å². The highest BCUT2D eigenvalue weighted by Crippen LogP contribution is 2.48. The lowest BCUT2D eigenvalue weighted by atomic mass is 9.75. The molecule has 3 aromatic carbocycles. The predicted molar refractivity (Wildman–Crippen MR) is 277 cm³/mol. The minimum absolute atomic E-state index is 0.238. The summed E-state index contributed by atoms with van der Waals surface area (Å²) in [5.41, 5.74) is 17.5. The molecule has 4 aliphatic rings. The van der Waals surface area contributed by atoms with Crippen LogP contribution in [0.3, 0.4) is 0 Å². The van der Waals surface area contributed by atoms with Crippen LogP contribution < -0.4 is 14.3 Å². The Hall–Kier alpha value is -5.13. The molecular formula is C61H71N3OSi+2. The molecular weight excluding hydrogens is 819 g/mol. The zero-order valence-corrected chi connectivity index (χ0v) is 41.6. The Morgan fingerprint density at radius 3 is 2.29 bits per heavy atom. The Morgan fingerprint density at radius 1 is 0.773 bits per heavy atom. The van der Waals surface area contributed by atoms with Crippen LogP contribution >= 0.6 is 0 Å². The van der Waals surface area contributed by atoms with Gasteiger partial charge < -0.3 is 4.42 Å². The topological polar surface area (TPSA) is 33.8 Å². The van der Waals surface area contributed by atoms with Crippen molar-refractivity contribution in [3.8, 4) is 33.8 Å². The summed E-state index contributed by atoms with van der Waals surface area (Å²) in [5.74, 6) is 2.77. The maximum absolute atomic E-state index is 7.10. The van der Waals surface area contributed by atoms with Crippen LogP contribution in [0.15, 0.2) is 114 Å². The molecule has 4 aromatic heterocycles. The molecule has 0 N–H and O–H groups in total. The highest BCUT2D eigenvalue weighted by atomic mass is 28.3. The first-order valence-corrected chi connectivity index (χ1v) is 29.4. The lowest BCUT2D eigenvalue weighted by Gasteiger charge is -2.34. The summed E-state index contributed by atoms with van der Waals surface area (Å²) < 4.78 is 12.3. The van der Waals surface area contributed by atoms with Crippen molar-refractivity contribution in [2.24, 2.45) is 11.8 Å². The van der Waals surface area contributed by atoms with Crippen molar-refractivity contribution in [3.63, 3.8) is 0 Å². The number of nitrogens with zero attached hydrogens (tertiary/aromatic N) is 3. The van der Waals surface area contributed by atoms with E-state index in [4.69, 9.17) is 16.0 Å². The average molecular weight is 890 g/mol. The minimum atomic E-state index is -1.71. The first kappa shape index (κ1) is 43.4. The summed E-state index contributed by atoms with van der Waals surface area (Å²) in [6, 6.07) is 35.2.